The molecular weight excluding hydrogens is 351 g/mol. The summed E-state index contributed by atoms with van der Waals surface area (Å²) in [5.41, 5.74) is 2.04. The summed E-state index contributed by atoms with van der Waals surface area (Å²) in [5, 5.41) is 0. The van der Waals surface area contributed by atoms with Gasteiger partial charge in [-0.15, -0.1) is 11.8 Å². The molecule has 2 amide bonds. The molecule has 1 fully saturated rings. The molecule has 1 atom stereocenters. The maximum absolute atomic E-state index is 14.2. The fourth-order valence-corrected chi connectivity index (χ4v) is 5.25. The Balaban J connectivity index is 1.81. The van der Waals surface area contributed by atoms with Crippen LogP contribution >= 0.6 is 11.8 Å². The summed E-state index contributed by atoms with van der Waals surface area (Å²) < 4.78 is 14.2. The molecule has 4 nitrogen and oxygen atoms in total. The van der Waals surface area contributed by atoms with E-state index >= 15 is 0 Å². The van der Waals surface area contributed by atoms with Gasteiger partial charge in [-0.25, -0.2) is 4.39 Å². The molecule has 134 valence electrons. The maximum Gasteiger partial charge on any atom is 0.268 e. The van der Waals surface area contributed by atoms with Gasteiger partial charge in [-0.2, -0.15) is 0 Å². The van der Waals surface area contributed by atoms with Crippen LogP contribution in [0.2, 0.25) is 0 Å². The summed E-state index contributed by atoms with van der Waals surface area (Å²) >= 11 is 1.49. The van der Waals surface area contributed by atoms with Gasteiger partial charge in [-0.05, 0) is 12.1 Å². The van der Waals surface area contributed by atoms with Crippen molar-refractivity contribution in [3.8, 4) is 0 Å². The van der Waals surface area contributed by atoms with Crippen LogP contribution in [0.15, 0.2) is 48.5 Å². The predicted molar refractivity (Wildman–Crippen MR) is 100 cm³/mol. The molecule has 0 aromatic heterocycles. The number of nitrogens with zero attached hydrogens (tertiary/aromatic N) is 2. The van der Waals surface area contributed by atoms with Crippen molar-refractivity contribution in [2.45, 2.75) is 24.8 Å². The third-order valence-electron chi connectivity index (χ3n) is 4.99. The minimum atomic E-state index is -1.02. The van der Waals surface area contributed by atoms with Crippen molar-refractivity contribution in [2.75, 3.05) is 17.2 Å². The van der Waals surface area contributed by atoms with Crippen LogP contribution in [0, 0.1) is 5.82 Å². The Kier molecular flexibility index (Phi) is 4.23. The van der Waals surface area contributed by atoms with Gasteiger partial charge >= 0.3 is 0 Å². The number of halogens is 1. The highest BCUT2D eigenvalue weighted by atomic mass is 32.2. The summed E-state index contributed by atoms with van der Waals surface area (Å²) in [6, 6.07) is 14.0. The van der Waals surface area contributed by atoms with E-state index in [2.05, 4.69) is 0 Å². The van der Waals surface area contributed by atoms with Crippen molar-refractivity contribution in [3.05, 3.63) is 65.5 Å². The molecule has 2 heterocycles. The van der Waals surface area contributed by atoms with Crippen LogP contribution in [0.5, 0.6) is 0 Å². The first kappa shape index (κ1) is 17.1. The summed E-state index contributed by atoms with van der Waals surface area (Å²) in [4.78, 5) is 28.3. The van der Waals surface area contributed by atoms with Crippen molar-refractivity contribution in [1.82, 2.24) is 4.90 Å². The lowest BCUT2D eigenvalue weighted by Crippen LogP contribution is -2.50. The average molecular weight is 370 g/mol. The van der Waals surface area contributed by atoms with Crippen molar-refractivity contribution >= 4 is 29.3 Å². The van der Waals surface area contributed by atoms with E-state index in [1.165, 1.54) is 17.8 Å². The second-order valence-electron chi connectivity index (χ2n) is 6.39. The van der Waals surface area contributed by atoms with Gasteiger partial charge in [0.1, 0.15) is 5.82 Å². The van der Waals surface area contributed by atoms with Crippen LogP contribution in [0.3, 0.4) is 0 Å². The van der Waals surface area contributed by atoms with E-state index < -0.39 is 4.87 Å². The molecule has 0 bridgehead atoms. The molecule has 2 aliphatic heterocycles. The Hall–Kier alpha value is -2.34. The topological polar surface area (TPSA) is 40.6 Å². The van der Waals surface area contributed by atoms with Crippen LogP contribution in [-0.4, -0.2) is 29.0 Å². The number of anilines is 1. The highest BCUT2D eigenvalue weighted by Gasteiger charge is 2.58. The van der Waals surface area contributed by atoms with E-state index in [-0.39, 0.29) is 24.2 Å². The lowest BCUT2D eigenvalue weighted by Gasteiger charge is -2.33. The second-order valence-corrected chi connectivity index (χ2v) is 7.68. The van der Waals surface area contributed by atoms with E-state index in [1.807, 2.05) is 31.2 Å². The fourth-order valence-electron chi connectivity index (χ4n) is 3.77. The van der Waals surface area contributed by atoms with E-state index in [9.17, 15) is 14.0 Å². The van der Waals surface area contributed by atoms with Crippen LogP contribution < -0.4 is 4.90 Å². The van der Waals surface area contributed by atoms with Gasteiger partial charge in [0.25, 0.3) is 5.91 Å². The number of fused-ring (bicyclic) bond motifs is 2. The standard InChI is InChI=1S/C20H19FN2O2S/c1-2-18(24)23-11-12-26-20(23)15-8-4-6-10-17(15)22(19(20)25)13-14-7-3-5-9-16(14)21/h3-10H,2,11-13H2,1H3. The number of hydrogen-bond donors (Lipinski definition) is 0. The maximum atomic E-state index is 14.2. The van der Waals surface area contributed by atoms with Crippen LogP contribution in [0.4, 0.5) is 10.1 Å². The Morgan fingerprint density at radius 1 is 1.19 bits per heavy atom. The molecule has 2 aliphatic rings. The van der Waals surface area contributed by atoms with E-state index in [4.69, 9.17) is 0 Å². The third kappa shape index (κ3) is 2.35. The van der Waals surface area contributed by atoms with E-state index in [0.717, 1.165) is 11.3 Å². The molecule has 26 heavy (non-hydrogen) atoms. The van der Waals surface area contributed by atoms with Gasteiger partial charge in [-0.1, -0.05) is 43.3 Å². The first-order valence-electron chi connectivity index (χ1n) is 8.69. The van der Waals surface area contributed by atoms with Crippen molar-refractivity contribution < 1.29 is 14.0 Å². The van der Waals surface area contributed by atoms with Crippen molar-refractivity contribution in [3.63, 3.8) is 0 Å². The zero-order valence-electron chi connectivity index (χ0n) is 14.4. The van der Waals surface area contributed by atoms with Crippen LogP contribution in [0.1, 0.15) is 24.5 Å². The smallest absolute Gasteiger partial charge is 0.268 e. The molecule has 1 saturated heterocycles. The highest BCUT2D eigenvalue weighted by Crippen LogP contribution is 2.54. The molecule has 0 N–H and O–H groups in total. The lowest BCUT2D eigenvalue weighted by atomic mass is 10.1. The number of carbonyl (C=O) groups excluding carboxylic acids is 2. The monoisotopic (exact) mass is 370 g/mol. The number of hydrogen-bond acceptors (Lipinski definition) is 3. The Labute approximate surface area is 156 Å². The minimum absolute atomic E-state index is 0.0362. The van der Waals surface area contributed by atoms with Gasteiger partial charge in [0.15, 0.2) is 4.87 Å². The van der Waals surface area contributed by atoms with E-state index in [1.54, 1.807) is 28.0 Å². The molecule has 2 aromatic rings. The SMILES string of the molecule is CCC(=O)N1CCSC12C(=O)N(Cc1ccccc1F)c1ccccc12. The van der Waals surface area contributed by atoms with Crippen LogP contribution in [-0.2, 0) is 21.0 Å². The van der Waals surface area contributed by atoms with Gasteiger partial charge < -0.3 is 9.80 Å². The van der Waals surface area contributed by atoms with Crippen LogP contribution in [0.25, 0.3) is 0 Å². The fraction of sp³-hybridized carbons (Fsp3) is 0.300. The largest absolute Gasteiger partial charge is 0.315 e. The summed E-state index contributed by atoms with van der Waals surface area (Å²) in [6.45, 7) is 2.51. The normalized spacial score (nSPS) is 21.5. The quantitative estimate of drug-likeness (QED) is 0.830. The molecule has 0 aliphatic carbocycles. The van der Waals surface area contributed by atoms with Gasteiger partial charge in [-0.3, -0.25) is 9.59 Å². The predicted octanol–water partition coefficient (Wildman–Crippen LogP) is 3.51. The zero-order valence-corrected chi connectivity index (χ0v) is 15.3. The van der Waals surface area contributed by atoms with E-state index in [0.29, 0.717) is 24.3 Å². The Morgan fingerprint density at radius 3 is 2.69 bits per heavy atom. The zero-order chi connectivity index (χ0) is 18.3. The Morgan fingerprint density at radius 2 is 1.92 bits per heavy atom. The molecule has 4 rings (SSSR count). The van der Waals surface area contributed by atoms with Gasteiger partial charge in [0.2, 0.25) is 5.91 Å². The number of para-hydroxylation sites is 1. The van der Waals surface area contributed by atoms with Gasteiger partial charge in [0, 0.05) is 29.8 Å². The number of amides is 2. The Bertz CT molecular complexity index is 888. The van der Waals surface area contributed by atoms with Gasteiger partial charge in [0.05, 0.1) is 12.2 Å². The third-order valence-corrected chi connectivity index (χ3v) is 6.41. The number of carbonyl (C=O) groups is 2. The summed E-state index contributed by atoms with van der Waals surface area (Å²) in [7, 11) is 0. The molecular formula is C20H19FN2O2S. The summed E-state index contributed by atoms with van der Waals surface area (Å²) in [6.07, 6.45) is 0.352. The first-order chi connectivity index (χ1) is 12.6. The number of benzene rings is 2. The number of rotatable bonds is 3. The minimum Gasteiger partial charge on any atom is -0.315 e. The molecule has 1 unspecified atom stereocenters. The molecule has 6 heteroatoms. The molecule has 0 radical (unpaired) electrons. The molecule has 1 spiro atoms. The molecule has 2 aromatic carbocycles. The number of thioether (sulfide) groups is 1. The highest BCUT2D eigenvalue weighted by molar-refractivity contribution is 8.01. The molecule has 0 saturated carbocycles. The first-order valence-corrected chi connectivity index (χ1v) is 9.67. The van der Waals surface area contributed by atoms with Crippen molar-refractivity contribution in [2.24, 2.45) is 0 Å². The average Bonchev–Trinajstić information content (AvgIpc) is 3.20. The lowest BCUT2D eigenvalue weighted by molar-refractivity contribution is -0.139. The summed E-state index contributed by atoms with van der Waals surface area (Å²) in [5.74, 6) is 0.177. The second kappa shape index (κ2) is 6.43. The van der Waals surface area contributed by atoms with Crippen molar-refractivity contribution in [1.29, 1.82) is 0 Å².